The fourth-order valence-electron chi connectivity index (χ4n) is 3.97. The topological polar surface area (TPSA) is 99.1 Å². The van der Waals surface area contributed by atoms with Crippen molar-refractivity contribution in [2.24, 2.45) is 4.99 Å². The molecule has 1 aliphatic rings. The van der Waals surface area contributed by atoms with Gasteiger partial charge in [0.25, 0.3) is 0 Å². The number of nitrogens with one attached hydrogen (secondary N) is 1. The lowest BCUT2D eigenvalue weighted by Crippen LogP contribution is -2.22. The van der Waals surface area contributed by atoms with Crippen molar-refractivity contribution in [3.8, 4) is 0 Å². The number of aliphatic imine (C=N–C) groups is 1. The lowest BCUT2D eigenvalue weighted by molar-refractivity contribution is -0.137. The number of carbonyl (C=O) groups excluding carboxylic acids is 2. The first-order valence-corrected chi connectivity index (χ1v) is 11.4. The molecule has 0 aliphatic carbocycles. The highest BCUT2D eigenvalue weighted by molar-refractivity contribution is 6.31. The van der Waals surface area contributed by atoms with Crippen LogP contribution in [0.2, 0.25) is 5.02 Å². The Kier molecular flexibility index (Phi) is 6.98. The SMILES string of the molecule is CC(=O)N(C)c1ccc(N=C(c2ccc(CCC(=O)O)cc2)C2C(=O)Nc3cc(Cl)ccc32)cc1. The van der Waals surface area contributed by atoms with Crippen LogP contribution in [0.1, 0.15) is 36.0 Å². The zero-order chi connectivity index (χ0) is 25.1. The van der Waals surface area contributed by atoms with Crippen molar-refractivity contribution in [2.45, 2.75) is 25.7 Å². The maximum Gasteiger partial charge on any atom is 0.303 e. The van der Waals surface area contributed by atoms with Gasteiger partial charge in [-0.05, 0) is 59.5 Å². The maximum absolute atomic E-state index is 13.1. The van der Waals surface area contributed by atoms with E-state index in [9.17, 15) is 14.4 Å². The van der Waals surface area contributed by atoms with Gasteiger partial charge in [0.1, 0.15) is 5.92 Å². The van der Waals surface area contributed by atoms with Crippen molar-refractivity contribution < 1.29 is 19.5 Å². The summed E-state index contributed by atoms with van der Waals surface area (Å²) in [5.41, 5.74) is 4.98. The number of halogens is 1. The summed E-state index contributed by atoms with van der Waals surface area (Å²) in [7, 11) is 1.70. The summed E-state index contributed by atoms with van der Waals surface area (Å²) in [5, 5.41) is 12.4. The second kappa shape index (κ2) is 10.1. The van der Waals surface area contributed by atoms with E-state index < -0.39 is 11.9 Å². The van der Waals surface area contributed by atoms with Gasteiger partial charge >= 0.3 is 5.97 Å². The van der Waals surface area contributed by atoms with Crippen LogP contribution in [-0.2, 0) is 20.8 Å². The summed E-state index contributed by atoms with van der Waals surface area (Å²) < 4.78 is 0. The number of carboxylic acids is 1. The Morgan fingerprint density at radius 1 is 1.06 bits per heavy atom. The minimum atomic E-state index is -0.854. The van der Waals surface area contributed by atoms with Gasteiger partial charge in [0, 0.05) is 36.8 Å². The van der Waals surface area contributed by atoms with Crippen LogP contribution in [-0.4, -0.2) is 35.6 Å². The maximum atomic E-state index is 13.1. The Hall–Kier alpha value is -3.97. The van der Waals surface area contributed by atoms with Gasteiger partial charge in [-0.3, -0.25) is 19.4 Å². The molecule has 0 saturated heterocycles. The molecule has 0 spiro atoms. The van der Waals surface area contributed by atoms with Crippen LogP contribution in [0.3, 0.4) is 0 Å². The lowest BCUT2D eigenvalue weighted by Gasteiger charge is -2.16. The summed E-state index contributed by atoms with van der Waals surface area (Å²) in [6.07, 6.45) is 0.457. The van der Waals surface area contributed by atoms with Crippen LogP contribution in [0.5, 0.6) is 0 Å². The second-order valence-corrected chi connectivity index (χ2v) is 8.77. The average molecular weight is 490 g/mol. The van der Waals surface area contributed by atoms with Gasteiger partial charge in [0.15, 0.2) is 0 Å². The summed E-state index contributed by atoms with van der Waals surface area (Å²) >= 11 is 6.13. The minimum absolute atomic E-state index is 0.0422. The largest absolute Gasteiger partial charge is 0.481 e. The summed E-state index contributed by atoms with van der Waals surface area (Å²) in [5.74, 6) is -1.79. The van der Waals surface area contributed by atoms with E-state index in [1.165, 1.54) is 11.8 Å². The number of hydrogen-bond acceptors (Lipinski definition) is 4. The number of anilines is 2. The van der Waals surface area contributed by atoms with Crippen molar-refractivity contribution in [1.29, 1.82) is 0 Å². The smallest absolute Gasteiger partial charge is 0.303 e. The number of hydrogen-bond donors (Lipinski definition) is 2. The third kappa shape index (κ3) is 5.41. The number of nitrogens with zero attached hydrogens (tertiary/aromatic N) is 2. The average Bonchev–Trinajstić information content (AvgIpc) is 3.16. The van der Waals surface area contributed by atoms with Gasteiger partial charge in [-0.25, -0.2) is 0 Å². The number of carbonyl (C=O) groups is 3. The van der Waals surface area contributed by atoms with Gasteiger partial charge in [-0.1, -0.05) is 41.9 Å². The number of aliphatic carboxylic acids is 1. The Morgan fingerprint density at radius 2 is 1.74 bits per heavy atom. The van der Waals surface area contributed by atoms with Crippen molar-refractivity contribution in [1.82, 2.24) is 0 Å². The predicted molar refractivity (Wildman–Crippen MR) is 137 cm³/mol. The van der Waals surface area contributed by atoms with Crippen molar-refractivity contribution in [2.75, 3.05) is 17.3 Å². The first-order valence-electron chi connectivity index (χ1n) is 11.1. The van der Waals surface area contributed by atoms with Crippen LogP contribution in [0, 0.1) is 0 Å². The molecule has 1 atom stereocenters. The molecule has 35 heavy (non-hydrogen) atoms. The molecule has 1 unspecified atom stereocenters. The highest BCUT2D eigenvalue weighted by atomic mass is 35.5. The second-order valence-electron chi connectivity index (χ2n) is 8.34. The van der Waals surface area contributed by atoms with E-state index in [1.807, 2.05) is 30.3 Å². The molecule has 0 bridgehead atoms. The molecule has 2 N–H and O–H groups in total. The molecule has 3 aromatic rings. The molecular formula is C27H24ClN3O4. The van der Waals surface area contributed by atoms with E-state index in [4.69, 9.17) is 21.7 Å². The van der Waals surface area contributed by atoms with Gasteiger partial charge < -0.3 is 15.3 Å². The Bertz CT molecular complexity index is 1320. The molecule has 0 saturated carbocycles. The minimum Gasteiger partial charge on any atom is -0.481 e. The Labute approximate surface area is 208 Å². The summed E-state index contributed by atoms with van der Waals surface area (Å²) in [6, 6.07) is 19.9. The Morgan fingerprint density at radius 3 is 2.37 bits per heavy atom. The number of rotatable bonds is 7. The number of benzene rings is 3. The molecule has 178 valence electrons. The standard InChI is InChI=1S/C27H24ClN3O4/c1-16(32)31(2)21-11-9-20(10-12-21)29-26(18-6-3-17(4-7-18)5-14-24(33)34)25-22-13-8-19(28)15-23(22)30-27(25)35/h3-4,6-13,15,25H,5,14H2,1-2H3,(H,30,35)(H,33,34). The molecule has 3 aromatic carbocycles. The third-order valence-electron chi connectivity index (χ3n) is 5.96. The predicted octanol–water partition coefficient (Wildman–Crippen LogP) is 5.20. The third-order valence-corrected chi connectivity index (χ3v) is 6.19. The fourth-order valence-corrected chi connectivity index (χ4v) is 4.14. The van der Waals surface area contributed by atoms with Crippen LogP contribution in [0.4, 0.5) is 17.1 Å². The van der Waals surface area contributed by atoms with E-state index in [-0.39, 0.29) is 18.2 Å². The molecule has 4 rings (SSSR count). The summed E-state index contributed by atoms with van der Waals surface area (Å²) in [6.45, 7) is 1.49. The first kappa shape index (κ1) is 24.2. The van der Waals surface area contributed by atoms with Crippen molar-refractivity contribution in [3.63, 3.8) is 0 Å². The number of aryl methyl sites for hydroxylation is 1. The van der Waals surface area contributed by atoms with Crippen LogP contribution < -0.4 is 10.2 Å². The van der Waals surface area contributed by atoms with Gasteiger partial charge in [-0.15, -0.1) is 0 Å². The lowest BCUT2D eigenvalue weighted by atomic mass is 9.90. The van der Waals surface area contributed by atoms with Gasteiger partial charge in [0.05, 0.1) is 11.4 Å². The van der Waals surface area contributed by atoms with Gasteiger partial charge in [0.2, 0.25) is 11.8 Å². The van der Waals surface area contributed by atoms with Crippen molar-refractivity contribution >= 4 is 52.2 Å². The summed E-state index contributed by atoms with van der Waals surface area (Å²) in [4.78, 5) is 42.0. The molecule has 1 heterocycles. The first-order chi connectivity index (χ1) is 16.7. The fraction of sp³-hybridized carbons (Fsp3) is 0.185. The highest BCUT2D eigenvalue weighted by Gasteiger charge is 2.35. The quantitative estimate of drug-likeness (QED) is 0.446. The zero-order valence-electron chi connectivity index (χ0n) is 19.3. The molecule has 1 aliphatic heterocycles. The molecule has 0 radical (unpaired) electrons. The van der Waals surface area contributed by atoms with Crippen LogP contribution >= 0.6 is 11.6 Å². The number of carboxylic acid groups (broad SMARTS) is 1. The number of fused-ring (bicyclic) bond motifs is 1. The molecule has 2 amide bonds. The van der Waals surface area contributed by atoms with E-state index in [1.54, 1.807) is 43.4 Å². The molecule has 8 heteroatoms. The van der Waals surface area contributed by atoms with E-state index in [0.29, 0.717) is 28.5 Å². The van der Waals surface area contributed by atoms with Gasteiger partial charge in [-0.2, -0.15) is 0 Å². The normalized spacial score (nSPS) is 14.9. The molecule has 7 nitrogen and oxygen atoms in total. The number of amides is 2. The molecule has 0 aromatic heterocycles. The van der Waals surface area contributed by atoms with Crippen LogP contribution in [0.15, 0.2) is 71.7 Å². The monoisotopic (exact) mass is 489 g/mol. The highest BCUT2D eigenvalue weighted by Crippen LogP contribution is 2.38. The van der Waals surface area contributed by atoms with E-state index in [0.717, 1.165) is 22.4 Å². The molecular weight excluding hydrogens is 466 g/mol. The zero-order valence-corrected chi connectivity index (χ0v) is 20.0. The van der Waals surface area contributed by atoms with Crippen molar-refractivity contribution in [3.05, 3.63) is 88.4 Å². The Balaban J connectivity index is 1.75. The van der Waals surface area contributed by atoms with E-state index in [2.05, 4.69) is 5.32 Å². The molecule has 0 fully saturated rings. The van der Waals surface area contributed by atoms with E-state index >= 15 is 0 Å². The van der Waals surface area contributed by atoms with Crippen LogP contribution in [0.25, 0.3) is 0 Å².